The molecule has 10 heavy (non-hydrogen) atoms. The Labute approximate surface area is 57.7 Å². The number of hydrogen-bond donors (Lipinski definition) is 0. The van der Waals surface area contributed by atoms with E-state index in [1.165, 1.54) is 0 Å². The molecule has 4 heteroatoms. The quantitative estimate of drug-likeness (QED) is 0.556. The van der Waals surface area contributed by atoms with E-state index < -0.39 is 0 Å². The average Bonchev–Trinajstić information content (AvgIpc) is 2.59. The SMILES string of the molecule is [c]1cn(-n2ccnc2)cn1. The molecule has 2 aromatic rings. The van der Waals surface area contributed by atoms with Gasteiger partial charge in [0.05, 0.1) is 6.20 Å². The first-order valence-corrected chi connectivity index (χ1v) is 2.85. The van der Waals surface area contributed by atoms with E-state index in [-0.39, 0.29) is 0 Å². The van der Waals surface area contributed by atoms with Gasteiger partial charge in [-0.1, -0.05) is 0 Å². The van der Waals surface area contributed by atoms with Gasteiger partial charge in [-0.05, 0) is 0 Å². The van der Waals surface area contributed by atoms with Crippen molar-refractivity contribution in [2.24, 2.45) is 0 Å². The van der Waals surface area contributed by atoms with Gasteiger partial charge in [0, 0.05) is 12.4 Å². The standard InChI is InChI=1S/C6H5N4/c1-3-9(5-7-1)10-4-2-8-6-10/h1,3-6H. The van der Waals surface area contributed by atoms with Crippen molar-refractivity contribution in [2.75, 3.05) is 0 Å². The lowest BCUT2D eigenvalue weighted by Crippen LogP contribution is -2.02. The lowest BCUT2D eigenvalue weighted by atomic mass is 10.9. The van der Waals surface area contributed by atoms with Gasteiger partial charge >= 0.3 is 0 Å². The molecule has 49 valence electrons. The Hall–Kier alpha value is -1.58. The first kappa shape index (κ1) is 5.22. The van der Waals surface area contributed by atoms with E-state index in [2.05, 4.69) is 16.2 Å². The first-order valence-electron chi connectivity index (χ1n) is 2.85. The maximum absolute atomic E-state index is 3.88. The lowest BCUT2D eigenvalue weighted by Gasteiger charge is -1.98. The van der Waals surface area contributed by atoms with Gasteiger partial charge in [0.1, 0.15) is 18.9 Å². The number of imidazole rings is 2. The molecular formula is C6H5N4. The van der Waals surface area contributed by atoms with E-state index in [1.54, 1.807) is 34.4 Å². The molecule has 0 aromatic carbocycles. The van der Waals surface area contributed by atoms with E-state index in [0.29, 0.717) is 0 Å². The summed E-state index contributed by atoms with van der Waals surface area (Å²) in [4.78, 5) is 7.65. The van der Waals surface area contributed by atoms with Crippen LogP contribution in [-0.4, -0.2) is 19.3 Å². The molecule has 0 bridgehead atoms. The van der Waals surface area contributed by atoms with Crippen molar-refractivity contribution in [1.29, 1.82) is 0 Å². The van der Waals surface area contributed by atoms with Crippen LogP contribution in [0.25, 0.3) is 0 Å². The topological polar surface area (TPSA) is 35.6 Å². The second kappa shape index (κ2) is 1.98. The first-order chi connectivity index (χ1) is 4.97. The summed E-state index contributed by atoms with van der Waals surface area (Å²) in [5.41, 5.74) is 0. The summed E-state index contributed by atoms with van der Waals surface area (Å²) in [6, 6.07) is 0. The van der Waals surface area contributed by atoms with Crippen LogP contribution in [0, 0.1) is 6.20 Å². The maximum atomic E-state index is 3.88. The Balaban J connectivity index is 2.48. The van der Waals surface area contributed by atoms with Crippen LogP contribution in [-0.2, 0) is 0 Å². The third kappa shape index (κ3) is 0.699. The van der Waals surface area contributed by atoms with Gasteiger partial charge in [0.25, 0.3) is 0 Å². The van der Waals surface area contributed by atoms with Gasteiger partial charge in [-0.15, -0.1) is 0 Å². The molecule has 0 aliphatic heterocycles. The van der Waals surface area contributed by atoms with Crippen LogP contribution < -0.4 is 0 Å². The summed E-state index contributed by atoms with van der Waals surface area (Å²) in [6.07, 6.45) is 11.3. The largest absolute Gasteiger partial charge is 0.243 e. The maximum Gasteiger partial charge on any atom is 0.116 e. The van der Waals surface area contributed by atoms with E-state index >= 15 is 0 Å². The summed E-state index contributed by atoms with van der Waals surface area (Å²) >= 11 is 0. The summed E-state index contributed by atoms with van der Waals surface area (Å²) in [7, 11) is 0. The zero-order chi connectivity index (χ0) is 6.81. The summed E-state index contributed by atoms with van der Waals surface area (Å²) in [5, 5.41) is 0. The molecule has 4 nitrogen and oxygen atoms in total. The Morgan fingerprint density at radius 2 is 2.20 bits per heavy atom. The van der Waals surface area contributed by atoms with Crippen LogP contribution in [0.4, 0.5) is 0 Å². The highest BCUT2D eigenvalue weighted by Gasteiger charge is 1.88. The van der Waals surface area contributed by atoms with Crippen molar-refractivity contribution in [1.82, 2.24) is 19.3 Å². The third-order valence-electron chi connectivity index (χ3n) is 1.20. The second-order valence-electron chi connectivity index (χ2n) is 1.83. The fraction of sp³-hybridized carbons (Fsp3) is 0. The van der Waals surface area contributed by atoms with Crippen molar-refractivity contribution in [3.05, 3.63) is 37.4 Å². The molecule has 0 spiro atoms. The van der Waals surface area contributed by atoms with E-state index in [1.807, 2.05) is 6.20 Å². The Morgan fingerprint density at radius 1 is 1.20 bits per heavy atom. The normalized spacial score (nSPS) is 10.0. The Bertz CT molecular complexity index is 249. The Kier molecular flexibility index (Phi) is 1.04. The van der Waals surface area contributed by atoms with Crippen molar-refractivity contribution in [3.63, 3.8) is 0 Å². The van der Waals surface area contributed by atoms with Crippen molar-refractivity contribution in [2.45, 2.75) is 0 Å². The van der Waals surface area contributed by atoms with Crippen LogP contribution in [0.5, 0.6) is 0 Å². The van der Waals surface area contributed by atoms with Crippen molar-refractivity contribution >= 4 is 0 Å². The van der Waals surface area contributed by atoms with Crippen molar-refractivity contribution < 1.29 is 0 Å². The molecular weight excluding hydrogens is 128 g/mol. The van der Waals surface area contributed by atoms with E-state index in [4.69, 9.17) is 0 Å². The number of rotatable bonds is 1. The fourth-order valence-corrected chi connectivity index (χ4v) is 0.733. The highest BCUT2D eigenvalue weighted by atomic mass is 15.5. The van der Waals surface area contributed by atoms with Gasteiger partial charge in [-0.25, -0.2) is 19.3 Å². The minimum atomic E-state index is 1.65. The predicted molar refractivity (Wildman–Crippen MR) is 34.1 cm³/mol. The zero-order valence-corrected chi connectivity index (χ0v) is 5.18. The summed E-state index contributed by atoms with van der Waals surface area (Å²) < 4.78 is 3.57. The van der Waals surface area contributed by atoms with Gasteiger partial charge in [-0.2, -0.15) is 0 Å². The van der Waals surface area contributed by atoms with Gasteiger partial charge in [0.15, 0.2) is 0 Å². The molecule has 0 aliphatic rings. The number of nitrogens with zero attached hydrogens (tertiary/aromatic N) is 4. The number of aromatic nitrogens is 4. The molecule has 0 saturated carbocycles. The van der Waals surface area contributed by atoms with Crippen LogP contribution in [0.15, 0.2) is 31.2 Å². The Morgan fingerprint density at radius 3 is 2.80 bits per heavy atom. The molecule has 0 unspecified atom stereocenters. The molecule has 0 atom stereocenters. The van der Waals surface area contributed by atoms with E-state index in [9.17, 15) is 0 Å². The molecule has 0 saturated heterocycles. The fourth-order valence-electron chi connectivity index (χ4n) is 0.733. The molecule has 0 N–H and O–H groups in total. The smallest absolute Gasteiger partial charge is 0.116 e. The van der Waals surface area contributed by atoms with Gasteiger partial charge in [0.2, 0.25) is 0 Å². The van der Waals surface area contributed by atoms with Crippen molar-refractivity contribution in [3.8, 4) is 0 Å². The molecule has 2 rings (SSSR count). The van der Waals surface area contributed by atoms with Gasteiger partial charge < -0.3 is 0 Å². The van der Waals surface area contributed by atoms with Crippen LogP contribution in [0.2, 0.25) is 0 Å². The highest BCUT2D eigenvalue weighted by Crippen LogP contribution is 1.87. The predicted octanol–water partition coefficient (Wildman–Crippen LogP) is 0.191. The summed E-state index contributed by atoms with van der Waals surface area (Å²) in [6.45, 7) is 0. The van der Waals surface area contributed by atoms with E-state index in [0.717, 1.165) is 0 Å². The van der Waals surface area contributed by atoms with Crippen LogP contribution in [0.1, 0.15) is 0 Å². The van der Waals surface area contributed by atoms with Gasteiger partial charge in [-0.3, -0.25) is 0 Å². The van der Waals surface area contributed by atoms with Crippen LogP contribution in [0.3, 0.4) is 0 Å². The molecule has 1 radical (unpaired) electrons. The molecule has 2 aromatic heterocycles. The minimum absolute atomic E-state index is 1.65. The molecule has 0 amide bonds. The van der Waals surface area contributed by atoms with Crippen LogP contribution >= 0.6 is 0 Å². The third-order valence-corrected chi connectivity index (χ3v) is 1.20. The minimum Gasteiger partial charge on any atom is -0.243 e. The number of hydrogen-bond acceptors (Lipinski definition) is 2. The zero-order valence-electron chi connectivity index (χ0n) is 5.18. The summed E-state index contributed by atoms with van der Waals surface area (Å²) in [5.74, 6) is 0. The average molecular weight is 133 g/mol. The molecule has 0 aliphatic carbocycles. The lowest BCUT2D eigenvalue weighted by molar-refractivity contribution is 0.657. The monoisotopic (exact) mass is 133 g/mol. The molecule has 0 fully saturated rings. The highest BCUT2D eigenvalue weighted by molar-refractivity contribution is 4.80. The molecule has 2 heterocycles. The second-order valence-corrected chi connectivity index (χ2v) is 1.83.